The predicted octanol–water partition coefficient (Wildman–Crippen LogP) is 0.801. The molecule has 1 aromatic heterocycles. The van der Waals surface area contributed by atoms with Crippen LogP contribution in [0.25, 0.3) is 0 Å². The van der Waals surface area contributed by atoms with Crippen LogP contribution in [-0.2, 0) is 9.53 Å². The summed E-state index contributed by atoms with van der Waals surface area (Å²) in [5, 5.41) is 7.11. The van der Waals surface area contributed by atoms with E-state index in [1.807, 2.05) is 26.6 Å². The summed E-state index contributed by atoms with van der Waals surface area (Å²) in [5.41, 5.74) is 0.748. The Hall–Kier alpha value is -1.44. The van der Waals surface area contributed by atoms with E-state index in [1.165, 1.54) is 11.3 Å². The second-order valence-electron chi connectivity index (χ2n) is 5.97. The molecule has 126 valence electrons. The molecule has 1 atom stereocenters. The SMILES string of the molecule is O=C(CC1COCCN1)N1CCCN(C(=O)c2ccsc2)CC1. The van der Waals surface area contributed by atoms with Crippen LogP contribution in [0.15, 0.2) is 16.8 Å². The molecule has 0 aliphatic carbocycles. The van der Waals surface area contributed by atoms with Gasteiger partial charge >= 0.3 is 0 Å². The van der Waals surface area contributed by atoms with E-state index in [4.69, 9.17) is 4.74 Å². The zero-order valence-electron chi connectivity index (χ0n) is 13.2. The number of nitrogens with one attached hydrogen (secondary N) is 1. The Balaban J connectivity index is 1.51. The predicted molar refractivity (Wildman–Crippen MR) is 88.6 cm³/mol. The molecule has 1 N–H and O–H groups in total. The Kier molecular flexibility index (Phi) is 5.64. The largest absolute Gasteiger partial charge is 0.378 e. The number of nitrogens with zero attached hydrogens (tertiary/aromatic N) is 2. The quantitative estimate of drug-likeness (QED) is 0.886. The van der Waals surface area contributed by atoms with Crippen molar-refractivity contribution in [2.45, 2.75) is 18.9 Å². The fourth-order valence-corrected chi connectivity index (χ4v) is 3.66. The Morgan fingerprint density at radius 1 is 1.26 bits per heavy atom. The number of ether oxygens (including phenoxy) is 1. The van der Waals surface area contributed by atoms with E-state index in [2.05, 4.69) is 5.32 Å². The third-order valence-electron chi connectivity index (χ3n) is 4.32. The molecule has 2 fully saturated rings. The molecule has 2 amide bonds. The van der Waals surface area contributed by atoms with E-state index in [1.54, 1.807) is 0 Å². The fourth-order valence-electron chi connectivity index (χ4n) is 3.03. The molecular weight excluding hydrogens is 314 g/mol. The normalized spacial score (nSPS) is 22.7. The highest BCUT2D eigenvalue weighted by molar-refractivity contribution is 7.08. The zero-order valence-corrected chi connectivity index (χ0v) is 14.0. The highest BCUT2D eigenvalue weighted by Gasteiger charge is 2.25. The number of amides is 2. The maximum absolute atomic E-state index is 12.5. The average Bonchev–Trinajstić information content (AvgIpc) is 2.99. The molecule has 0 spiro atoms. The molecule has 2 aliphatic heterocycles. The maximum Gasteiger partial charge on any atom is 0.254 e. The van der Waals surface area contributed by atoms with Crippen LogP contribution in [0.1, 0.15) is 23.2 Å². The molecule has 3 heterocycles. The first-order valence-electron chi connectivity index (χ1n) is 8.14. The van der Waals surface area contributed by atoms with Gasteiger partial charge in [0.15, 0.2) is 0 Å². The van der Waals surface area contributed by atoms with Crippen molar-refractivity contribution >= 4 is 23.2 Å². The van der Waals surface area contributed by atoms with Gasteiger partial charge in [-0.15, -0.1) is 0 Å². The van der Waals surface area contributed by atoms with E-state index in [0.717, 1.165) is 25.1 Å². The lowest BCUT2D eigenvalue weighted by Gasteiger charge is -2.27. The summed E-state index contributed by atoms with van der Waals surface area (Å²) >= 11 is 1.53. The standard InChI is InChI=1S/C16H23N3O3S/c20-15(10-14-11-22-8-3-17-14)18-4-1-5-19(7-6-18)16(21)13-2-9-23-12-13/h2,9,12,14,17H,1,3-8,10-11H2. The summed E-state index contributed by atoms with van der Waals surface area (Å²) < 4.78 is 5.40. The van der Waals surface area contributed by atoms with Crippen LogP contribution in [0.4, 0.5) is 0 Å². The minimum absolute atomic E-state index is 0.0721. The lowest BCUT2D eigenvalue weighted by molar-refractivity contribution is -0.132. The van der Waals surface area contributed by atoms with Gasteiger partial charge in [0.1, 0.15) is 0 Å². The van der Waals surface area contributed by atoms with Gasteiger partial charge in [-0.05, 0) is 17.9 Å². The van der Waals surface area contributed by atoms with Crippen molar-refractivity contribution in [3.63, 3.8) is 0 Å². The molecule has 3 rings (SSSR count). The number of hydrogen-bond donors (Lipinski definition) is 1. The average molecular weight is 337 g/mol. The van der Waals surface area contributed by atoms with Crippen LogP contribution < -0.4 is 5.32 Å². The molecular formula is C16H23N3O3S. The molecule has 23 heavy (non-hydrogen) atoms. The van der Waals surface area contributed by atoms with Crippen LogP contribution in [0.2, 0.25) is 0 Å². The minimum Gasteiger partial charge on any atom is -0.378 e. The van der Waals surface area contributed by atoms with Crippen molar-refractivity contribution in [3.05, 3.63) is 22.4 Å². The molecule has 6 nitrogen and oxygen atoms in total. The number of carbonyl (C=O) groups excluding carboxylic acids is 2. The van der Waals surface area contributed by atoms with Crippen LogP contribution in [0, 0.1) is 0 Å². The second kappa shape index (κ2) is 7.90. The van der Waals surface area contributed by atoms with Gasteiger partial charge in [-0.2, -0.15) is 11.3 Å². The van der Waals surface area contributed by atoms with Gasteiger partial charge in [-0.1, -0.05) is 0 Å². The van der Waals surface area contributed by atoms with Crippen molar-refractivity contribution in [3.8, 4) is 0 Å². The topological polar surface area (TPSA) is 61.9 Å². The van der Waals surface area contributed by atoms with E-state index in [-0.39, 0.29) is 17.9 Å². The van der Waals surface area contributed by atoms with E-state index < -0.39 is 0 Å². The Morgan fingerprint density at radius 2 is 2.09 bits per heavy atom. The fraction of sp³-hybridized carbons (Fsp3) is 0.625. The molecule has 0 bridgehead atoms. The van der Waals surface area contributed by atoms with Crippen LogP contribution in [-0.4, -0.2) is 73.6 Å². The van der Waals surface area contributed by atoms with Crippen molar-refractivity contribution in [2.24, 2.45) is 0 Å². The van der Waals surface area contributed by atoms with E-state index in [0.29, 0.717) is 39.3 Å². The number of morpholine rings is 1. The summed E-state index contributed by atoms with van der Waals surface area (Å²) in [7, 11) is 0. The molecule has 0 radical (unpaired) electrons. The van der Waals surface area contributed by atoms with Gasteiger partial charge in [0, 0.05) is 50.6 Å². The van der Waals surface area contributed by atoms with Gasteiger partial charge in [0.2, 0.25) is 5.91 Å². The van der Waals surface area contributed by atoms with Gasteiger partial charge in [-0.25, -0.2) is 0 Å². The van der Waals surface area contributed by atoms with E-state index >= 15 is 0 Å². The zero-order chi connectivity index (χ0) is 16.1. The van der Waals surface area contributed by atoms with Crippen LogP contribution >= 0.6 is 11.3 Å². The summed E-state index contributed by atoms with van der Waals surface area (Å²) in [5.74, 6) is 0.223. The molecule has 2 saturated heterocycles. The van der Waals surface area contributed by atoms with Gasteiger partial charge in [-0.3, -0.25) is 9.59 Å². The molecule has 0 saturated carbocycles. The Morgan fingerprint density at radius 3 is 2.83 bits per heavy atom. The number of carbonyl (C=O) groups is 2. The molecule has 1 aromatic rings. The first-order chi connectivity index (χ1) is 11.2. The van der Waals surface area contributed by atoms with Gasteiger partial charge in [0.25, 0.3) is 5.91 Å². The van der Waals surface area contributed by atoms with Gasteiger partial charge < -0.3 is 19.9 Å². The highest BCUT2D eigenvalue weighted by Crippen LogP contribution is 2.13. The molecule has 7 heteroatoms. The van der Waals surface area contributed by atoms with Crippen LogP contribution in [0.5, 0.6) is 0 Å². The maximum atomic E-state index is 12.5. The molecule has 2 aliphatic rings. The molecule has 0 aromatic carbocycles. The molecule has 1 unspecified atom stereocenters. The summed E-state index contributed by atoms with van der Waals surface area (Å²) in [6, 6.07) is 1.97. The Bertz CT molecular complexity index is 529. The smallest absolute Gasteiger partial charge is 0.254 e. The first-order valence-corrected chi connectivity index (χ1v) is 9.08. The summed E-state index contributed by atoms with van der Waals surface area (Å²) in [4.78, 5) is 28.6. The van der Waals surface area contributed by atoms with Crippen LogP contribution in [0.3, 0.4) is 0 Å². The van der Waals surface area contributed by atoms with Crippen molar-refractivity contribution < 1.29 is 14.3 Å². The second-order valence-corrected chi connectivity index (χ2v) is 6.75. The van der Waals surface area contributed by atoms with Crippen molar-refractivity contribution in [2.75, 3.05) is 45.9 Å². The first kappa shape index (κ1) is 16.4. The third kappa shape index (κ3) is 4.31. The number of hydrogen-bond acceptors (Lipinski definition) is 5. The summed E-state index contributed by atoms with van der Waals surface area (Å²) in [6.45, 7) is 4.78. The highest BCUT2D eigenvalue weighted by atomic mass is 32.1. The van der Waals surface area contributed by atoms with E-state index in [9.17, 15) is 9.59 Å². The lowest BCUT2D eigenvalue weighted by Crippen LogP contribution is -2.45. The van der Waals surface area contributed by atoms with Crippen molar-refractivity contribution in [1.29, 1.82) is 0 Å². The van der Waals surface area contributed by atoms with Crippen molar-refractivity contribution in [1.82, 2.24) is 15.1 Å². The van der Waals surface area contributed by atoms with Gasteiger partial charge in [0.05, 0.1) is 18.8 Å². The summed E-state index contributed by atoms with van der Waals surface area (Å²) in [6.07, 6.45) is 1.30. The lowest BCUT2D eigenvalue weighted by atomic mass is 10.1. The minimum atomic E-state index is 0.0721. The monoisotopic (exact) mass is 337 g/mol. The Labute approximate surface area is 140 Å². The third-order valence-corrected chi connectivity index (χ3v) is 5.01. The number of thiophene rings is 1. The number of rotatable bonds is 3.